The van der Waals surface area contributed by atoms with E-state index in [0.717, 1.165) is 0 Å². The Morgan fingerprint density at radius 1 is 1.86 bits per heavy atom. The van der Waals surface area contributed by atoms with E-state index < -0.39 is 0 Å². The van der Waals surface area contributed by atoms with Gasteiger partial charge in [0.2, 0.25) is 0 Å². The van der Waals surface area contributed by atoms with Gasteiger partial charge in [-0.05, 0) is 0 Å². The molecule has 1 saturated heterocycles. The Bertz CT molecular complexity index is 88.7. The highest BCUT2D eigenvalue weighted by Crippen LogP contribution is 2.07. The lowest BCUT2D eigenvalue weighted by Gasteiger charge is -1.85. The topological polar surface area (TPSA) is 33.0 Å². The van der Waals surface area contributed by atoms with E-state index in [1.54, 1.807) is 0 Å². The lowest BCUT2D eigenvalue weighted by atomic mass is 10.2. The summed E-state index contributed by atoms with van der Waals surface area (Å²) in [6.45, 7) is 1.24. The molecule has 0 aromatic rings. The van der Waals surface area contributed by atoms with Crippen LogP contribution in [0.15, 0.2) is 0 Å². The fraction of sp³-hybridized carbons (Fsp3) is 0.600. The first-order chi connectivity index (χ1) is 3.43. The number of nitrogens with zero attached hydrogens (tertiary/aromatic N) is 1. The molecule has 0 aromatic heterocycles. The van der Waals surface area contributed by atoms with Crippen molar-refractivity contribution in [1.29, 1.82) is 5.26 Å². The lowest BCUT2D eigenvalue weighted by Crippen LogP contribution is -1.92. The molecule has 1 fully saturated rings. The number of hydrogen-bond acceptors (Lipinski definition) is 2. The molecule has 2 nitrogen and oxygen atoms in total. The van der Waals surface area contributed by atoms with Crippen molar-refractivity contribution in [2.45, 2.75) is 0 Å². The van der Waals surface area contributed by atoms with E-state index in [-0.39, 0.29) is 5.92 Å². The van der Waals surface area contributed by atoms with E-state index in [1.165, 1.54) is 0 Å². The zero-order chi connectivity index (χ0) is 5.11. The van der Waals surface area contributed by atoms with Crippen LogP contribution in [-0.2, 0) is 4.74 Å². The summed E-state index contributed by atoms with van der Waals surface area (Å²) in [5.41, 5.74) is 0. The van der Waals surface area contributed by atoms with Crippen LogP contribution in [0.4, 0.5) is 0 Å². The fourth-order valence-corrected chi connectivity index (χ4v) is 0.537. The maximum atomic E-state index is 8.20. The molecule has 0 aliphatic carbocycles. The van der Waals surface area contributed by atoms with Crippen LogP contribution in [0.5, 0.6) is 0 Å². The summed E-state index contributed by atoms with van der Waals surface area (Å²) in [6, 6.07) is 2.08. The van der Waals surface area contributed by atoms with Gasteiger partial charge in [0.05, 0.1) is 25.2 Å². The summed E-state index contributed by atoms with van der Waals surface area (Å²) < 4.78 is 4.87. The van der Waals surface area contributed by atoms with Gasteiger partial charge in [0.1, 0.15) is 0 Å². The van der Waals surface area contributed by atoms with Gasteiger partial charge < -0.3 is 4.74 Å². The Labute approximate surface area is 42.7 Å². The quantitative estimate of drug-likeness (QED) is 0.436. The molecule has 0 bridgehead atoms. The van der Waals surface area contributed by atoms with Gasteiger partial charge in [-0.1, -0.05) is 0 Å². The summed E-state index contributed by atoms with van der Waals surface area (Å²) in [4.78, 5) is 0. The number of rotatable bonds is 0. The number of hydrogen-bond donors (Lipinski definition) is 0. The van der Waals surface area contributed by atoms with Crippen molar-refractivity contribution in [3.8, 4) is 6.07 Å². The molecular formula is C5H6NO. The van der Waals surface area contributed by atoms with E-state index in [9.17, 15) is 0 Å². The molecule has 1 aliphatic rings. The summed E-state index contributed by atoms with van der Waals surface area (Å²) in [5.74, 6) is 0.0556. The molecule has 0 unspecified atom stereocenters. The van der Waals surface area contributed by atoms with E-state index in [2.05, 4.69) is 6.07 Å². The number of ether oxygens (including phenoxy) is 1. The molecule has 0 spiro atoms. The first kappa shape index (κ1) is 4.61. The zero-order valence-corrected chi connectivity index (χ0v) is 3.92. The average molecular weight is 96.1 g/mol. The van der Waals surface area contributed by atoms with Crippen LogP contribution in [0.2, 0.25) is 0 Å². The molecule has 0 saturated carbocycles. The van der Waals surface area contributed by atoms with Crippen LogP contribution < -0.4 is 0 Å². The van der Waals surface area contributed by atoms with Gasteiger partial charge in [0, 0.05) is 6.42 Å². The molecule has 37 valence electrons. The molecule has 2 heteroatoms. The first-order valence-corrected chi connectivity index (χ1v) is 2.24. The Morgan fingerprint density at radius 3 is 3.00 bits per heavy atom. The first-order valence-electron chi connectivity index (χ1n) is 2.24. The smallest absolute Gasteiger partial charge is 0.0751 e. The van der Waals surface area contributed by atoms with Crippen LogP contribution in [0.3, 0.4) is 0 Å². The third kappa shape index (κ3) is 0.908. The second kappa shape index (κ2) is 1.94. The second-order valence-corrected chi connectivity index (χ2v) is 1.51. The standard InChI is InChI=1S/C5H6NO/c6-3-5-1-2-7-4-5/h1,5H,2,4H2/t5-/m0/s1. The largest absolute Gasteiger partial charge is 0.380 e. The van der Waals surface area contributed by atoms with E-state index in [1.807, 2.05) is 6.42 Å². The maximum Gasteiger partial charge on any atom is 0.0751 e. The van der Waals surface area contributed by atoms with Crippen molar-refractivity contribution in [2.24, 2.45) is 5.92 Å². The average Bonchev–Trinajstić information content (AvgIpc) is 2.14. The molecule has 1 atom stereocenters. The van der Waals surface area contributed by atoms with Crippen molar-refractivity contribution in [1.82, 2.24) is 0 Å². The highest BCUT2D eigenvalue weighted by atomic mass is 16.5. The molecule has 1 heterocycles. The summed E-state index contributed by atoms with van der Waals surface area (Å²) in [7, 11) is 0. The highest BCUT2D eigenvalue weighted by Gasteiger charge is 2.13. The molecule has 0 N–H and O–H groups in total. The molecule has 1 radical (unpaired) electrons. The lowest BCUT2D eigenvalue weighted by molar-refractivity contribution is 0.196. The van der Waals surface area contributed by atoms with Gasteiger partial charge in [0.15, 0.2) is 0 Å². The van der Waals surface area contributed by atoms with Crippen LogP contribution in [0, 0.1) is 23.7 Å². The van der Waals surface area contributed by atoms with E-state index in [4.69, 9.17) is 10.00 Å². The minimum atomic E-state index is 0.0556. The van der Waals surface area contributed by atoms with Gasteiger partial charge in [-0.15, -0.1) is 0 Å². The Balaban J connectivity index is 2.31. The summed E-state index contributed by atoms with van der Waals surface area (Å²) >= 11 is 0. The molecule has 1 rings (SSSR count). The molecule has 0 aromatic carbocycles. The Kier molecular flexibility index (Phi) is 1.28. The van der Waals surface area contributed by atoms with Gasteiger partial charge >= 0.3 is 0 Å². The second-order valence-electron chi connectivity index (χ2n) is 1.51. The zero-order valence-electron chi connectivity index (χ0n) is 3.92. The van der Waals surface area contributed by atoms with Gasteiger partial charge in [-0.2, -0.15) is 5.26 Å². The van der Waals surface area contributed by atoms with Crippen molar-refractivity contribution < 1.29 is 4.74 Å². The van der Waals surface area contributed by atoms with Crippen LogP contribution in [0.1, 0.15) is 0 Å². The highest BCUT2D eigenvalue weighted by molar-refractivity contribution is 4.96. The van der Waals surface area contributed by atoms with Crippen molar-refractivity contribution >= 4 is 0 Å². The maximum absolute atomic E-state index is 8.20. The van der Waals surface area contributed by atoms with E-state index in [0.29, 0.717) is 13.2 Å². The summed E-state index contributed by atoms with van der Waals surface area (Å²) in [5, 5.41) is 8.20. The molecule has 1 aliphatic heterocycles. The number of nitriles is 1. The van der Waals surface area contributed by atoms with Crippen molar-refractivity contribution in [3.05, 3.63) is 6.42 Å². The minimum Gasteiger partial charge on any atom is -0.380 e. The van der Waals surface area contributed by atoms with E-state index >= 15 is 0 Å². The fourth-order valence-electron chi connectivity index (χ4n) is 0.537. The van der Waals surface area contributed by atoms with Crippen LogP contribution in [-0.4, -0.2) is 13.2 Å². The molecular weight excluding hydrogens is 90.1 g/mol. The predicted octanol–water partition coefficient (Wildman–Crippen LogP) is 0.361. The van der Waals surface area contributed by atoms with Crippen molar-refractivity contribution in [2.75, 3.05) is 13.2 Å². The molecule has 7 heavy (non-hydrogen) atoms. The summed E-state index contributed by atoms with van der Waals surface area (Å²) in [6.07, 6.45) is 1.88. The van der Waals surface area contributed by atoms with Crippen molar-refractivity contribution in [3.63, 3.8) is 0 Å². The molecule has 0 amide bonds. The normalized spacial score (nSPS) is 29.9. The Hall–Kier alpha value is -0.550. The third-order valence-electron chi connectivity index (χ3n) is 0.962. The Morgan fingerprint density at radius 2 is 2.71 bits per heavy atom. The van der Waals surface area contributed by atoms with Crippen LogP contribution in [0.25, 0.3) is 0 Å². The van der Waals surface area contributed by atoms with Gasteiger partial charge in [-0.3, -0.25) is 0 Å². The van der Waals surface area contributed by atoms with Crippen LogP contribution >= 0.6 is 0 Å². The van der Waals surface area contributed by atoms with Gasteiger partial charge in [0.25, 0.3) is 0 Å². The predicted molar refractivity (Wildman–Crippen MR) is 24.2 cm³/mol. The van der Waals surface area contributed by atoms with Gasteiger partial charge in [-0.25, -0.2) is 0 Å². The third-order valence-corrected chi connectivity index (χ3v) is 0.962. The monoisotopic (exact) mass is 96.0 g/mol. The minimum absolute atomic E-state index is 0.0556. The SMILES string of the molecule is N#C[C@@H]1[CH]COC1.